The van der Waals surface area contributed by atoms with Crippen LogP contribution in [0.4, 0.5) is 5.69 Å². The number of ether oxygens (including phenoxy) is 2. The van der Waals surface area contributed by atoms with E-state index in [1.165, 1.54) is 0 Å². The van der Waals surface area contributed by atoms with Crippen LogP contribution >= 0.6 is 0 Å². The molecular weight excluding hydrogens is 380 g/mol. The van der Waals surface area contributed by atoms with E-state index in [9.17, 15) is 9.59 Å². The summed E-state index contributed by atoms with van der Waals surface area (Å²) in [7, 11) is 0. The second kappa shape index (κ2) is 8.95. The van der Waals surface area contributed by atoms with Gasteiger partial charge in [-0.15, -0.1) is 0 Å². The van der Waals surface area contributed by atoms with Crippen molar-refractivity contribution in [2.24, 2.45) is 0 Å². The smallest absolute Gasteiger partial charge is 0.339 e. The van der Waals surface area contributed by atoms with Gasteiger partial charge < -0.3 is 14.8 Å². The van der Waals surface area contributed by atoms with E-state index in [-0.39, 0.29) is 12.5 Å². The number of nitrogens with one attached hydrogen (secondary N) is 1. The molecule has 4 rings (SSSR count). The van der Waals surface area contributed by atoms with Crippen LogP contribution in [0.25, 0.3) is 10.9 Å². The molecule has 0 aliphatic heterocycles. The summed E-state index contributed by atoms with van der Waals surface area (Å²) in [5.41, 5.74) is 3.86. The number of carbonyl (C=O) groups excluding carboxylic acids is 2. The zero-order valence-electron chi connectivity index (χ0n) is 16.9. The number of hydrogen-bond acceptors (Lipinski definition) is 5. The number of fused-ring (bicyclic) bond motifs is 2. The van der Waals surface area contributed by atoms with Crippen LogP contribution in [0.15, 0.2) is 48.5 Å². The summed E-state index contributed by atoms with van der Waals surface area (Å²) in [5, 5.41) is 3.51. The van der Waals surface area contributed by atoms with E-state index >= 15 is 0 Å². The number of rotatable bonds is 6. The number of benzene rings is 2. The predicted octanol–water partition coefficient (Wildman–Crippen LogP) is 4.31. The molecule has 0 unspecified atom stereocenters. The van der Waals surface area contributed by atoms with Crippen LogP contribution in [-0.4, -0.2) is 30.1 Å². The summed E-state index contributed by atoms with van der Waals surface area (Å²) in [6.45, 7) is 2.14. The maximum atomic E-state index is 13.0. The van der Waals surface area contributed by atoms with Gasteiger partial charge in [-0.1, -0.05) is 18.2 Å². The molecule has 6 heteroatoms. The Morgan fingerprint density at radius 1 is 1.03 bits per heavy atom. The van der Waals surface area contributed by atoms with E-state index in [4.69, 9.17) is 14.5 Å². The highest BCUT2D eigenvalue weighted by atomic mass is 16.5. The molecule has 0 saturated carbocycles. The number of amides is 1. The minimum Gasteiger partial charge on any atom is -0.494 e. The van der Waals surface area contributed by atoms with E-state index in [0.717, 1.165) is 53.6 Å². The highest BCUT2D eigenvalue weighted by molar-refractivity contribution is 6.06. The Labute approximate surface area is 175 Å². The molecule has 0 fully saturated rings. The number of hydrogen-bond donors (Lipinski definition) is 1. The fraction of sp³-hybridized carbons (Fsp3) is 0.292. The van der Waals surface area contributed by atoms with Gasteiger partial charge in [0.2, 0.25) is 0 Å². The molecule has 1 aliphatic rings. The minimum absolute atomic E-state index is 0.350. The first-order chi connectivity index (χ1) is 14.7. The summed E-state index contributed by atoms with van der Waals surface area (Å²) >= 11 is 0. The Morgan fingerprint density at radius 3 is 2.60 bits per heavy atom. The van der Waals surface area contributed by atoms with Gasteiger partial charge in [-0.3, -0.25) is 9.78 Å². The minimum atomic E-state index is -0.478. The van der Waals surface area contributed by atoms with Crippen LogP contribution in [0.3, 0.4) is 0 Å². The molecule has 1 heterocycles. The standard InChI is InChI=1S/C24H24N2O4/c1-2-29-17-13-11-16(12-14-17)25-22(27)15-30-24(28)23-18-7-3-5-9-20(18)26-21-10-6-4-8-19(21)23/h3,5,7,9,11-14H,2,4,6,8,10,15H2,1H3,(H,25,27). The number of para-hydroxylation sites is 1. The van der Waals surface area contributed by atoms with Crippen LogP contribution in [0.2, 0.25) is 0 Å². The molecule has 0 saturated heterocycles. The van der Waals surface area contributed by atoms with Crippen molar-refractivity contribution >= 4 is 28.5 Å². The number of aromatic nitrogens is 1. The average molecular weight is 404 g/mol. The maximum absolute atomic E-state index is 13.0. The lowest BCUT2D eigenvalue weighted by molar-refractivity contribution is -0.119. The van der Waals surface area contributed by atoms with Crippen molar-refractivity contribution in [1.82, 2.24) is 4.98 Å². The third-order valence-electron chi connectivity index (χ3n) is 5.16. The number of carbonyl (C=O) groups is 2. The first-order valence-corrected chi connectivity index (χ1v) is 10.3. The second-order valence-corrected chi connectivity index (χ2v) is 7.22. The van der Waals surface area contributed by atoms with Gasteiger partial charge in [0.25, 0.3) is 5.91 Å². The number of esters is 1. The molecule has 154 valence electrons. The van der Waals surface area contributed by atoms with E-state index in [2.05, 4.69) is 5.32 Å². The first-order valence-electron chi connectivity index (χ1n) is 10.3. The van der Waals surface area contributed by atoms with Crippen molar-refractivity contribution in [3.8, 4) is 5.75 Å². The number of aryl methyl sites for hydroxylation is 1. The van der Waals surface area contributed by atoms with Crippen molar-refractivity contribution in [1.29, 1.82) is 0 Å². The van der Waals surface area contributed by atoms with Gasteiger partial charge in [-0.25, -0.2) is 4.79 Å². The van der Waals surface area contributed by atoms with E-state index in [1.54, 1.807) is 24.3 Å². The van der Waals surface area contributed by atoms with Gasteiger partial charge in [0.05, 0.1) is 17.7 Å². The third kappa shape index (κ3) is 4.27. The first kappa shape index (κ1) is 19.9. The van der Waals surface area contributed by atoms with E-state index in [0.29, 0.717) is 17.9 Å². The Morgan fingerprint density at radius 2 is 1.80 bits per heavy atom. The summed E-state index contributed by atoms with van der Waals surface area (Å²) in [6, 6.07) is 14.6. The van der Waals surface area contributed by atoms with Crippen LogP contribution in [0, 0.1) is 0 Å². The summed E-state index contributed by atoms with van der Waals surface area (Å²) in [4.78, 5) is 30.0. The fourth-order valence-corrected chi connectivity index (χ4v) is 3.81. The quantitative estimate of drug-likeness (QED) is 0.620. The zero-order chi connectivity index (χ0) is 20.9. The van der Waals surface area contributed by atoms with Crippen LogP contribution in [0.5, 0.6) is 5.75 Å². The van der Waals surface area contributed by atoms with Crippen molar-refractivity contribution < 1.29 is 19.1 Å². The normalized spacial score (nSPS) is 12.8. The molecule has 1 amide bonds. The van der Waals surface area contributed by atoms with E-state index in [1.807, 2.05) is 31.2 Å². The maximum Gasteiger partial charge on any atom is 0.339 e. The predicted molar refractivity (Wildman–Crippen MR) is 115 cm³/mol. The topological polar surface area (TPSA) is 77.5 Å². The van der Waals surface area contributed by atoms with Crippen LogP contribution < -0.4 is 10.1 Å². The summed E-state index contributed by atoms with van der Waals surface area (Å²) in [6.07, 6.45) is 3.75. The zero-order valence-corrected chi connectivity index (χ0v) is 16.9. The van der Waals surface area contributed by atoms with Gasteiger partial charge in [0.15, 0.2) is 6.61 Å². The molecular formula is C24H24N2O4. The van der Waals surface area contributed by atoms with Gasteiger partial charge in [-0.05, 0) is 68.5 Å². The number of pyridine rings is 1. The Bertz CT molecular complexity index is 1080. The highest BCUT2D eigenvalue weighted by Crippen LogP contribution is 2.29. The lowest BCUT2D eigenvalue weighted by Gasteiger charge is -2.19. The molecule has 0 spiro atoms. The van der Waals surface area contributed by atoms with E-state index < -0.39 is 5.97 Å². The van der Waals surface area contributed by atoms with Crippen molar-refractivity contribution in [2.75, 3.05) is 18.5 Å². The van der Waals surface area contributed by atoms with Crippen LogP contribution in [0.1, 0.15) is 41.4 Å². The van der Waals surface area contributed by atoms with Gasteiger partial charge >= 0.3 is 5.97 Å². The Balaban J connectivity index is 1.47. The van der Waals surface area contributed by atoms with Crippen molar-refractivity contribution in [3.63, 3.8) is 0 Å². The lowest BCUT2D eigenvalue weighted by atomic mass is 9.90. The van der Waals surface area contributed by atoms with Crippen molar-refractivity contribution in [3.05, 3.63) is 65.4 Å². The third-order valence-corrected chi connectivity index (χ3v) is 5.16. The van der Waals surface area contributed by atoms with Crippen LogP contribution in [-0.2, 0) is 22.4 Å². The summed E-state index contributed by atoms with van der Waals surface area (Å²) in [5.74, 6) is -0.135. The Kier molecular flexibility index (Phi) is 5.93. The van der Waals surface area contributed by atoms with Gasteiger partial charge in [0.1, 0.15) is 5.75 Å². The molecule has 1 aromatic heterocycles. The average Bonchev–Trinajstić information content (AvgIpc) is 2.77. The SMILES string of the molecule is CCOc1ccc(NC(=O)COC(=O)c2c3c(nc4ccccc24)CCCC3)cc1. The molecule has 0 bridgehead atoms. The van der Waals surface area contributed by atoms with Gasteiger partial charge in [-0.2, -0.15) is 0 Å². The molecule has 3 aromatic rings. The second-order valence-electron chi connectivity index (χ2n) is 7.22. The largest absolute Gasteiger partial charge is 0.494 e. The molecule has 6 nitrogen and oxygen atoms in total. The molecule has 2 aromatic carbocycles. The number of nitrogens with zero attached hydrogens (tertiary/aromatic N) is 1. The monoisotopic (exact) mass is 404 g/mol. The molecule has 30 heavy (non-hydrogen) atoms. The fourth-order valence-electron chi connectivity index (χ4n) is 3.81. The molecule has 1 aliphatic carbocycles. The van der Waals surface area contributed by atoms with Gasteiger partial charge in [0, 0.05) is 16.8 Å². The highest BCUT2D eigenvalue weighted by Gasteiger charge is 2.24. The Hall–Kier alpha value is -3.41. The molecule has 0 atom stereocenters. The molecule has 0 radical (unpaired) electrons. The summed E-state index contributed by atoms with van der Waals surface area (Å²) < 4.78 is 10.8. The van der Waals surface area contributed by atoms with Crippen molar-refractivity contribution in [2.45, 2.75) is 32.6 Å². The number of anilines is 1. The molecule has 1 N–H and O–H groups in total. The lowest BCUT2D eigenvalue weighted by Crippen LogP contribution is -2.22.